The van der Waals surface area contributed by atoms with Gasteiger partial charge in [-0.1, -0.05) is 50.6 Å². The first-order chi connectivity index (χ1) is 25.5. The molecule has 54 heavy (non-hydrogen) atoms. The normalized spacial score (nSPS) is 27.4. The van der Waals surface area contributed by atoms with E-state index < -0.39 is 89.8 Å². The van der Waals surface area contributed by atoms with E-state index in [1.807, 2.05) is 44.2 Å². The lowest BCUT2D eigenvalue weighted by Gasteiger charge is -2.38. The molecule has 0 bridgehead atoms. The number of nitrogens with one attached hydrogen (secondary N) is 2. The maximum absolute atomic E-state index is 14.4. The molecule has 2 saturated heterocycles. The van der Waals surface area contributed by atoms with E-state index in [2.05, 4.69) is 16.6 Å². The molecule has 0 radical (unpaired) electrons. The number of carbonyl (C=O) groups is 7. The molecule has 2 aliphatic heterocycles. The number of nitrogens with zero attached hydrogens (tertiary/aromatic N) is 3. The average molecular weight is 752 g/mol. The Morgan fingerprint density at radius 2 is 1.61 bits per heavy atom. The van der Waals surface area contributed by atoms with Gasteiger partial charge in [-0.05, 0) is 64.9 Å². The molecule has 0 aliphatic carbocycles. The van der Waals surface area contributed by atoms with E-state index in [1.54, 1.807) is 0 Å². The zero-order valence-corrected chi connectivity index (χ0v) is 32.9. The minimum Gasteiger partial charge on any atom is -0.460 e. The Hall–Kier alpha value is -4.93. The highest BCUT2D eigenvalue weighted by molar-refractivity contribution is 5.96. The Labute approximate surface area is 319 Å². The summed E-state index contributed by atoms with van der Waals surface area (Å²) in [5.74, 6) is -2.27. The topological polar surface area (TPSA) is 172 Å². The molecule has 7 atom stereocenters. The summed E-state index contributed by atoms with van der Waals surface area (Å²) in [5, 5.41) is 5.21. The van der Waals surface area contributed by atoms with Crippen molar-refractivity contribution in [2.75, 3.05) is 27.2 Å². The molecule has 0 unspecified atom stereocenters. The van der Waals surface area contributed by atoms with Gasteiger partial charge in [0.25, 0.3) is 5.91 Å². The molecule has 0 saturated carbocycles. The standard InChI is InChI=1S/C40H57N5O9/c1-10-12-14-21-31-40(6,7)39(52)53-27(5)34(47)42-26(4)36(49)44(9)33(25(3)11-2)38(51)45-22-17-20-29(45)37(50)43(8)30(23-28-18-15-13-16-19-28)35(48)41-24-32(46)54-31/h1,13,15-16,18-19,25-27,29-31,33H,11-12,14,17,20-24H2,2-9H3,(H,41,48)(H,42,47)/t25-,26-,27-,29+,30+,31+,33+/m0/s1. The monoisotopic (exact) mass is 751 g/mol. The van der Waals surface area contributed by atoms with Gasteiger partial charge in [-0.15, -0.1) is 12.3 Å². The van der Waals surface area contributed by atoms with Gasteiger partial charge in [0.1, 0.15) is 36.8 Å². The van der Waals surface area contributed by atoms with Crippen molar-refractivity contribution in [3.8, 4) is 12.3 Å². The number of fused-ring (bicyclic) bond motifs is 1. The average Bonchev–Trinajstić information content (AvgIpc) is 3.64. The van der Waals surface area contributed by atoms with E-state index in [-0.39, 0.29) is 25.3 Å². The predicted molar refractivity (Wildman–Crippen MR) is 200 cm³/mol. The molecular formula is C40H57N5O9. The van der Waals surface area contributed by atoms with Crippen molar-refractivity contribution in [1.82, 2.24) is 25.3 Å². The van der Waals surface area contributed by atoms with Crippen LogP contribution >= 0.6 is 0 Å². The van der Waals surface area contributed by atoms with Crippen LogP contribution in [0.2, 0.25) is 0 Å². The van der Waals surface area contributed by atoms with Gasteiger partial charge in [0, 0.05) is 33.5 Å². The fraction of sp³-hybridized carbons (Fsp3) is 0.625. The van der Waals surface area contributed by atoms with Crippen LogP contribution in [-0.2, 0) is 49.5 Å². The maximum Gasteiger partial charge on any atom is 0.325 e. The molecule has 2 heterocycles. The van der Waals surface area contributed by atoms with Crippen molar-refractivity contribution in [1.29, 1.82) is 0 Å². The van der Waals surface area contributed by atoms with Gasteiger partial charge >= 0.3 is 11.9 Å². The van der Waals surface area contributed by atoms with Crippen LogP contribution < -0.4 is 10.6 Å². The molecule has 14 heteroatoms. The van der Waals surface area contributed by atoms with Gasteiger partial charge in [0.2, 0.25) is 23.6 Å². The quantitative estimate of drug-likeness (QED) is 0.241. The lowest BCUT2D eigenvalue weighted by Crippen LogP contribution is -2.60. The Bertz CT molecular complexity index is 1570. The third-order valence-corrected chi connectivity index (χ3v) is 10.6. The fourth-order valence-electron chi connectivity index (χ4n) is 6.87. The first-order valence-electron chi connectivity index (χ1n) is 18.8. The Balaban J connectivity index is 2.07. The van der Waals surface area contributed by atoms with Gasteiger partial charge in [-0.2, -0.15) is 0 Å². The molecule has 1 aromatic carbocycles. The summed E-state index contributed by atoms with van der Waals surface area (Å²) in [6.07, 6.45) is 5.55. The first kappa shape index (κ1) is 43.5. The molecule has 3 rings (SSSR count). The van der Waals surface area contributed by atoms with Gasteiger partial charge < -0.3 is 34.8 Å². The van der Waals surface area contributed by atoms with Crippen LogP contribution in [0.4, 0.5) is 0 Å². The number of terminal acetylenes is 1. The molecule has 14 nitrogen and oxygen atoms in total. The minimum absolute atomic E-state index is 0.118. The Kier molecular flexibility index (Phi) is 15.6. The molecule has 2 N–H and O–H groups in total. The van der Waals surface area contributed by atoms with E-state index in [1.165, 1.54) is 56.5 Å². The summed E-state index contributed by atoms with van der Waals surface area (Å²) in [5.41, 5.74) is -0.692. The number of hydrogen-bond acceptors (Lipinski definition) is 9. The van der Waals surface area contributed by atoms with Crippen LogP contribution in [0.25, 0.3) is 0 Å². The molecule has 1 aromatic rings. The molecule has 2 aliphatic rings. The highest BCUT2D eigenvalue weighted by Gasteiger charge is 2.45. The van der Waals surface area contributed by atoms with E-state index in [0.717, 1.165) is 5.56 Å². The lowest BCUT2D eigenvalue weighted by atomic mass is 9.83. The number of esters is 2. The molecule has 5 amide bonds. The van der Waals surface area contributed by atoms with Crippen LogP contribution in [-0.4, -0.2) is 120 Å². The summed E-state index contributed by atoms with van der Waals surface area (Å²) in [7, 11) is 2.99. The van der Waals surface area contributed by atoms with Crippen molar-refractivity contribution in [2.24, 2.45) is 11.3 Å². The van der Waals surface area contributed by atoms with Gasteiger partial charge in [0.05, 0.1) is 5.41 Å². The third-order valence-electron chi connectivity index (χ3n) is 10.6. The van der Waals surface area contributed by atoms with E-state index in [4.69, 9.17) is 15.9 Å². The zero-order chi connectivity index (χ0) is 40.3. The SMILES string of the molecule is C#CCCC[C@H]1OC(=O)CNC(=O)[C@@H](Cc2ccccc2)N(C)C(=O)[C@H]2CCCN2C(=O)[C@@H]([C@@H](C)CC)N(C)C(=O)[C@H](C)NC(=O)[C@H](C)OC(=O)C1(C)C. The van der Waals surface area contributed by atoms with Crippen LogP contribution in [0.1, 0.15) is 85.6 Å². The summed E-state index contributed by atoms with van der Waals surface area (Å²) in [6, 6.07) is 5.06. The Morgan fingerprint density at radius 3 is 2.24 bits per heavy atom. The first-order valence-corrected chi connectivity index (χ1v) is 18.8. The third kappa shape index (κ3) is 10.6. The van der Waals surface area contributed by atoms with Crippen molar-refractivity contribution >= 4 is 41.5 Å². The van der Waals surface area contributed by atoms with Crippen LogP contribution in [0.5, 0.6) is 0 Å². The smallest absolute Gasteiger partial charge is 0.325 e. The minimum atomic E-state index is -1.46. The van der Waals surface area contributed by atoms with Crippen LogP contribution in [0.3, 0.4) is 0 Å². The van der Waals surface area contributed by atoms with Crippen molar-refractivity contribution in [3.05, 3.63) is 35.9 Å². The molecule has 296 valence electrons. The molecule has 0 aromatic heterocycles. The van der Waals surface area contributed by atoms with Crippen molar-refractivity contribution in [3.63, 3.8) is 0 Å². The van der Waals surface area contributed by atoms with E-state index >= 15 is 0 Å². The molecular weight excluding hydrogens is 694 g/mol. The second kappa shape index (κ2) is 19.4. The number of rotatable bonds is 7. The number of hydrogen-bond donors (Lipinski definition) is 2. The highest BCUT2D eigenvalue weighted by Crippen LogP contribution is 2.30. The van der Waals surface area contributed by atoms with Gasteiger partial charge in [-0.25, -0.2) is 0 Å². The second-order valence-corrected chi connectivity index (χ2v) is 14.9. The van der Waals surface area contributed by atoms with Crippen molar-refractivity contribution in [2.45, 2.75) is 123 Å². The van der Waals surface area contributed by atoms with Crippen molar-refractivity contribution < 1.29 is 43.0 Å². The van der Waals surface area contributed by atoms with Gasteiger partial charge in [0.15, 0.2) is 6.10 Å². The van der Waals surface area contributed by atoms with E-state index in [0.29, 0.717) is 32.1 Å². The number of amides is 5. The summed E-state index contributed by atoms with van der Waals surface area (Å²) in [4.78, 5) is 100. The second-order valence-electron chi connectivity index (χ2n) is 14.9. The largest absolute Gasteiger partial charge is 0.460 e. The number of ether oxygens (including phenoxy) is 2. The number of likely N-dealkylation sites (N-methyl/N-ethyl adjacent to an activating group) is 2. The lowest BCUT2D eigenvalue weighted by molar-refractivity contribution is -0.176. The summed E-state index contributed by atoms with van der Waals surface area (Å²) < 4.78 is 11.3. The number of unbranched alkanes of at least 4 members (excludes halogenated alkanes) is 1. The Morgan fingerprint density at radius 1 is 0.944 bits per heavy atom. The van der Waals surface area contributed by atoms with Crippen LogP contribution in [0.15, 0.2) is 30.3 Å². The highest BCUT2D eigenvalue weighted by atomic mass is 16.6. The van der Waals surface area contributed by atoms with E-state index in [9.17, 15) is 33.6 Å². The summed E-state index contributed by atoms with van der Waals surface area (Å²) in [6.45, 7) is 9.30. The molecule has 2 fully saturated rings. The zero-order valence-electron chi connectivity index (χ0n) is 32.9. The number of cyclic esters (lactones) is 2. The number of benzene rings is 1. The summed E-state index contributed by atoms with van der Waals surface area (Å²) >= 11 is 0. The fourth-order valence-corrected chi connectivity index (χ4v) is 6.87. The van der Waals surface area contributed by atoms with Gasteiger partial charge in [-0.3, -0.25) is 33.6 Å². The molecule has 0 spiro atoms. The number of carbonyl (C=O) groups excluding carboxylic acids is 7. The maximum atomic E-state index is 14.4. The van der Waals surface area contributed by atoms with Crippen LogP contribution in [0, 0.1) is 23.7 Å². The predicted octanol–water partition coefficient (Wildman–Crippen LogP) is 2.23.